The molecular formula is C15H19NO4S. The van der Waals surface area contributed by atoms with Gasteiger partial charge in [0.15, 0.2) is 0 Å². The molecule has 0 radical (unpaired) electrons. The summed E-state index contributed by atoms with van der Waals surface area (Å²) < 4.78 is 5.07. The molecule has 1 saturated carbocycles. The van der Waals surface area contributed by atoms with E-state index in [9.17, 15) is 14.7 Å². The molecule has 5 nitrogen and oxygen atoms in total. The van der Waals surface area contributed by atoms with Crippen molar-refractivity contribution in [2.75, 3.05) is 19.4 Å². The second-order valence-corrected chi connectivity index (χ2v) is 6.23. The van der Waals surface area contributed by atoms with Crippen LogP contribution >= 0.6 is 11.8 Å². The molecule has 0 heterocycles. The molecule has 0 saturated heterocycles. The van der Waals surface area contributed by atoms with Gasteiger partial charge in [0.2, 0.25) is 5.91 Å². The Labute approximate surface area is 128 Å². The third-order valence-corrected chi connectivity index (χ3v) is 4.83. The highest BCUT2D eigenvalue weighted by Crippen LogP contribution is 2.40. The molecule has 0 aliphatic heterocycles. The molecule has 2 N–H and O–H groups in total. The number of nitrogens with one attached hydrogen (secondary N) is 1. The monoisotopic (exact) mass is 309 g/mol. The van der Waals surface area contributed by atoms with Crippen molar-refractivity contribution < 1.29 is 19.4 Å². The second kappa shape index (κ2) is 6.85. The Hall–Kier alpha value is -1.69. The van der Waals surface area contributed by atoms with Crippen LogP contribution < -0.4 is 10.1 Å². The van der Waals surface area contributed by atoms with E-state index < -0.39 is 11.4 Å². The minimum absolute atomic E-state index is 0.136. The van der Waals surface area contributed by atoms with Gasteiger partial charge < -0.3 is 15.2 Å². The number of ether oxygens (including phenoxy) is 1. The van der Waals surface area contributed by atoms with Gasteiger partial charge in [-0.25, -0.2) is 0 Å². The zero-order valence-electron chi connectivity index (χ0n) is 11.9. The highest BCUT2D eigenvalue weighted by atomic mass is 32.2. The Morgan fingerprint density at radius 1 is 1.33 bits per heavy atom. The number of thioether (sulfide) groups is 1. The van der Waals surface area contributed by atoms with Crippen LogP contribution in [0, 0.1) is 5.41 Å². The van der Waals surface area contributed by atoms with Gasteiger partial charge in [0.05, 0.1) is 18.3 Å². The Morgan fingerprint density at radius 3 is 2.48 bits per heavy atom. The molecule has 1 aliphatic rings. The molecule has 1 aromatic rings. The van der Waals surface area contributed by atoms with Gasteiger partial charge >= 0.3 is 5.97 Å². The van der Waals surface area contributed by atoms with E-state index in [1.807, 2.05) is 24.3 Å². The zero-order chi connectivity index (χ0) is 15.3. The molecule has 6 heteroatoms. The average molecular weight is 309 g/mol. The van der Waals surface area contributed by atoms with E-state index >= 15 is 0 Å². The maximum atomic E-state index is 11.8. The number of benzene rings is 1. The molecule has 21 heavy (non-hydrogen) atoms. The lowest BCUT2D eigenvalue weighted by Crippen LogP contribution is -2.47. The van der Waals surface area contributed by atoms with E-state index in [1.54, 1.807) is 7.11 Å². The van der Waals surface area contributed by atoms with Crippen LogP contribution in [0.3, 0.4) is 0 Å². The van der Waals surface area contributed by atoms with Crippen molar-refractivity contribution >= 4 is 23.6 Å². The number of carboxylic acid groups (broad SMARTS) is 1. The minimum Gasteiger partial charge on any atom is -0.497 e. The summed E-state index contributed by atoms with van der Waals surface area (Å²) in [6, 6.07) is 7.46. The Balaban J connectivity index is 1.75. The fourth-order valence-corrected chi connectivity index (χ4v) is 2.94. The van der Waals surface area contributed by atoms with Gasteiger partial charge in [-0.15, -0.1) is 11.8 Å². The molecule has 2 rings (SSSR count). The van der Waals surface area contributed by atoms with Crippen LogP contribution in [0.15, 0.2) is 29.2 Å². The fraction of sp³-hybridized carbons (Fsp3) is 0.467. The smallest absolute Gasteiger partial charge is 0.311 e. The lowest BCUT2D eigenvalue weighted by atomic mass is 9.69. The molecule has 0 spiro atoms. The largest absolute Gasteiger partial charge is 0.497 e. The predicted molar refractivity (Wildman–Crippen MR) is 80.6 cm³/mol. The van der Waals surface area contributed by atoms with Crippen LogP contribution in [0.25, 0.3) is 0 Å². The van der Waals surface area contributed by atoms with E-state index in [1.165, 1.54) is 11.8 Å². The first-order chi connectivity index (χ1) is 10.1. The van der Waals surface area contributed by atoms with Gasteiger partial charge in [-0.05, 0) is 37.1 Å². The summed E-state index contributed by atoms with van der Waals surface area (Å²) in [5.74, 6) is 0.111. The van der Waals surface area contributed by atoms with Crippen molar-refractivity contribution in [1.29, 1.82) is 0 Å². The third-order valence-electron chi connectivity index (χ3n) is 3.82. The number of carbonyl (C=O) groups is 2. The molecule has 1 fully saturated rings. The molecule has 0 unspecified atom stereocenters. The first kappa shape index (κ1) is 15.7. The van der Waals surface area contributed by atoms with Gasteiger partial charge in [-0.1, -0.05) is 6.42 Å². The van der Waals surface area contributed by atoms with Crippen LogP contribution in [0.2, 0.25) is 0 Å². The maximum absolute atomic E-state index is 11.8. The van der Waals surface area contributed by atoms with Gasteiger partial charge in [-0.3, -0.25) is 9.59 Å². The number of carboxylic acids is 1. The lowest BCUT2D eigenvalue weighted by molar-refractivity contribution is -0.154. The number of rotatable bonds is 7. The number of hydrogen-bond donors (Lipinski definition) is 2. The van der Waals surface area contributed by atoms with Crippen molar-refractivity contribution in [1.82, 2.24) is 5.32 Å². The first-order valence-corrected chi connectivity index (χ1v) is 7.81. The highest BCUT2D eigenvalue weighted by molar-refractivity contribution is 8.00. The van der Waals surface area contributed by atoms with Crippen molar-refractivity contribution in [3.63, 3.8) is 0 Å². The Bertz CT molecular complexity index is 511. The van der Waals surface area contributed by atoms with E-state index in [-0.39, 0.29) is 18.2 Å². The molecule has 0 aromatic heterocycles. The van der Waals surface area contributed by atoms with Crippen molar-refractivity contribution in [2.24, 2.45) is 5.41 Å². The second-order valence-electron chi connectivity index (χ2n) is 5.18. The summed E-state index contributed by atoms with van der Waals surface area (Å²) >= 11 is 1.42. The Morgan fingerprint density at radius 2 is 2.00 bits per heavy atom. The summed E-state index contributed by atoms with van der Waals surface area (Å²) in [6.45, 7) is 0.227. The van der Waals surface area contributed by atoms with Gasteiger partial charge in [-0.2, -0.15) is 0 Å². The van der Waals surface area contributed by atoms with Crippen LogP contribution in [0.5, 0.6) is 5.75 Å². The number of carbonyl (C=O) groups excluding carboxylic acids is 1. The number of hydrogen-bond acceptors (Lipinski definition) is 4. The zero-order valence-corrected chi connectivity index (χ0v) is 12.7. The van der Waals surface area contributed by atoms with Crippen LogP contribution in [0.1, 0.15) is 19.3 Å². The van der Waals surface area contributed by atoms with Crippen LogP contribution in [0.4, 0.5) is 0 Å². The standard InChI is InChI=1S/C15H19NO4S/c1-20-11-3-5-12(6-4-11)21-9-13(17)16-10-15(14(18)19)7-2-8-15/h3-6H,2,7-10H2,1H3,(H,16,17)(H,18,19). The summed E-state index contributed by atoms with van der Waals surface area (Å²) in [7, 11) is 1.61. The van der Waals surface area contributed by atoms with Crippen LogP contribution in [-0.4, -0.2) is 36.4 Å². The third kappa shape index (κ3) is 3.91. The normalized spacial score (nSPS) is 15.9. The lowest BCUT2D eigenvalue weighted by Gasteiger charge is -2.37. The first-order valence-electron chi connectivity index (χ1n) is 6.83. The highest BCUT2D eigenvalue weighted by Gasteiger charge is 2.44. The van der Waals surface area contributed by atoms with E-state index in [2.05, 4.69) is 5.32 Å². The summed E-state index contributed by atoms with van der Waals surface area (Å²) in [5, 5.41) is 11.9. The molecule has 1 aliphatic carbocycles. The molecule has 0 atom stereocenters. The van der Waals surface area contributed by atoms with Crippen molar-refractivity contribution in [3.05, 3.63) is 24.3 Å². The summed E-state index contributed by atoms with van der Waals surface area (Å²) in [5.41, 5.74) is -0.736. The minimum atomic E-state index is -0.808. The number of methoxy groups -OCH3 is 1. The average Bonchev–Trinajstić information content (AvgIpc) is 2.44. The molecule has 0 bridgehead atoms. The molecule has 114 valence electrons. The summed E-state index contributed by atoms with van der Waals surface area (Å²) in [6.07, 6.45) is 2.21. The van der Waals surface area contributed by atoms with E-state index in [0.717, 1.165) is 17.1 Å². The fourth-order valence-electron chi connectivity index (χ4n) is 2.21. The van der Waals surface area contributed by atoms with Gasteiger partial charge in [0, 0.05) is 11.4 Å². The quantitative estimate of drug-likeness (QED) is 0.755. The number of aliphatic carboxylic acids is 1. The van der Waals surface area contributed by atoms with Gasteiger partial charge in [0.1, 0.15) is 5.75 Å². The van der Waals surface area contributed by atoms with Crippen LogP contribution in [-0.2, 0) is 9.59 Å². The summed E-state index contributed by atoms with van der Waals surface area (Å²) in [4.78, 5) is 24.0. The number of amides is 1. The van der Waals surface area contributed by atoms with Crippen molar-refractivity contribution in [3.8, 4) is 5.75 Å². The van der Waals surface area contributed by atoms with Gasteiger partial charge in [0.25, 0.3) is 0 Å². The molecular weight excluding hydrogens is 290 g/mol. The van der Waals surface area contributed by atoms with E-state index in [4.69, 9.17) is 4.74 Å². The SMILES string of the molecule is COc1ccc(SCC(=O)NCC2(C(=O)O)CCC2)cc1. The maximum Gasteiger partial charge on any atom is 0.311 e. The topological polar surface area (TPSA) is 75.6 Å². The van der Waals surface area contributed by atoms with E-state index in [0.29, 0.717) is 12.8 Å². The molecule has 1 aromatic carbocycles. The molecule has 1 amide bonds. The van der Waals surface area contributed by atoms with Crippen molar-refractivity contribution in [2.45, 2.75) is 24.2 Å². The Kier molecular flexibility index (Phi) is 5.12. The predicted octanol–water partition coefficient (Wildman–Crippen LogP) is 2.16.